The third-order valence-electron chi connectivity index (χ3n) is 2.76. The van der Waals surface area contributed by atoms with Gasteiger partial charge in [0.1, 0.15) is 5.57 Å². The largest absolute Gasteiger partial charge is 0.478 e. The average Bonchev–Trinajstić information content (AvgIpc) is 2.40. The number of allylic oxidation sites excluding steroid dienone is 2. The summed E-state index contributed by atoms with van der Waals surface area (Å²) in [5, 5.41) is 11.7. The fourth-order valence-corrected chi connectivity index (χ4v) is 1.75. The number of carboxylic acid groups (broad SMARTS) is 1. The summed E-state index contributed by atoms with van der Waals surface area (Å²) < 4.78 is 0. The van der Waals surface area contributed by atoms with Gasteiger partial charge in [-0.1, -0.05) is 18.2 Å². The molecule has 1 aromatic carbocycles. The lowest BCUT2D eigenvalue weighted by Gasteiger charge is -2.16. The molecule has 0 saturated heterocycles. The molecule has 0 amide bonds. The highest BCUT2D eigenvalue weighted by Gasteiger charge is 2.29. The highest BCUT2D eigenvalue weighted by Crippen LogP contribution is 2.21. The summed E-state index contributed by atoms with van der Waals surface area (Å²) in [6, 6.07) is 8.88. The number of carboxylic acids is 1. The van der Waals surface area contributed by atoms with Crippen molar-refractivity contribution in [3.63, 3.8) is 0 Å². The van der Waals surface area contributed by atoms with E-state index in [1.165, 1.54) is 6.92 Å². The van der Waals surface area contributed by atoms with E-state index in [-0.39, 0.29) is 11.3 Å². The van der Waals surface area contributed by atoms with E-state index >= 15 is 0 Å². The van der Waals surface area contributed by atoms with Crippen LogP contribution >= 0.6 is 0 Å². The van der Waals surface area contributed by atoms with Crippen LogP contribution in [0.15, 0.2) is 53.3 Å². The van der Waals surface area contributed by atoms with Crippen molar-refractivity contribution in [3.8, 4) is 0 Å². The van der Waals surface area contributed by atoms with Crippen LogP contribution in [-0.4, -0.2) is 22.6 Å². The van der Waals surface area contributed by atoms with Crippen LogP contribution in [0.25, 0.3) is 0 Å². The standard InChI is InChI=1S/C14H11NO4/c1-8-12(15-9-5-3-2-4-6-9)11(16)7-10(13(8)17)14(18)19/h2-7,15H,1H3,(H,18,19). The van der Waals surface area contributed by atoms with Crippen molar-refractivity contribution in [1.29, 1.82) is 0 Å². The van der Waals surface area contributed by atoms with Crippen LogP contribution in [0.2, 0.25) is 0 Å². The maximum Gasteiger partial charge on any atom is 0.339 e. The minimum atomic E-state index is -1.39. The highest BCUT2D eigenvalue weighted by atomic mass is 16.4. The predicted octanol–water partition coefficient (Wildman–Crippen LogP) is 1.54. The average molecular weight is 257 g/mol. The number of carbonyl (C=O) groups is 3. The van der Waals surface area contributed by atoms with Crippen LogP contribution in [0.5, 0.6) is 0 Å². The van der Waals surface area contributed by atoms with Crippen molar-refractivity contribution >= 4 is 23.2 Å². The monoisotopic (exact) mass is 257 g/mol. The Kier molecular flexibility index (Phi) is 3.29. The zero-order valence-corrected chi connectivity index (χ0v) is 10.1. The molecule has 0 fully saturated rings. The maximum absolute atomic E-state index is 11.9. The number of aliphatic carboxylic acids is 1. The molecular weight excluding hydrogens is 246 g/mol. The fourth-order valence-electron chi connectivity index (χ4n) is 1.75. The second-order valence-corrected chi connectivity index (χ2v) is 4.05. The fraction of sp³-hybridized carbons (Fsp3) is 0.0714. The Hall–Kier alpha value is -2.69. The summed E-state index contributed by atoms with van der Waals surface area (Å²) >= 11 is 0. The molecule has 0 spiro atoms. The summed E-state index contributed by atoms with van der Waals surface area (Å²) in [6.07, 6.45) is 0.850. The smallest absolute Gasteiger partial charge is 0.339 e. The molecule has 0 bridgehead atoms. The number of rotatable bonds is 3. The number of para-hydroxylation sites is 1. The van der Waals surface area contributed by atoms with Gasteiger partial charge in [0.05, 0.1) is 5.70 Å². The Morgan fingerprint density at radius 2 is 1.79 bits per heavy atom. The Labute approximate surface area is 109 Å². The molecule has 96 valence electrons. The highest BCUT2D eigenvalue weighted by molar-refractivity contribution is 6.32. The number of ketones is 2. The first-order chi connectivity index (χ1) is 9.00. The number of nitrogens with one attached hydrogen (secondary N) is 1. The number of hydrogen-bond donors (Lipinski definition) is 2. The first-order valence-corrected chi connectivity index (χ1v) is 5.57. The minimum Gasteiger partial charge on any atom is -0.478 e. The minimum absolute atomic E-state index is 0.105. The van der Waals surface area contributed by atoms with Crippen LogP contribution in [0.3, 0.4) is 0 Å². The van der Waals surface area contributed by atoms with Crippen LogP contribution in [0.4, 0.5) is 5.69 Å². The van der Waals surface area contributed by atoms with E-state index in [4.69, 9.17) is 5.11 Å². The molecule has 0 aromatic heterocycles. The molecule has 0 aliphatic heterocycles. The zero-order valence-electron chi connectivity index (χ0n) is 10.1. The summed E-state index contributed by atoms with van der Waals surface area (Å²) in [4.78, 5) is 34.5. The molecule has 0 unspecified atom stereocenters. The van der Waals surface area contributed by atoms with E-state index in [1.54, 1.807) is 24.3 Å². The Morgan fingerprint density at radius 1 is 1.16 bits per heavy atom. The lowest BCUT2D eigenvalue weighted by atomic mass is 9.94. The van der Waals surface area contributed by atoms with Crippen LogP contribution in [0.1, 0.15) is 6.92 Å². The van der Waals surface area contributed by atoms with Crippen LogP contribution in [0, 0.1) is 0 Å². The van der Waals surface area contributed by atoms with Crippen molar-refractivity contribution in [2.45, 2.75) is 6.92 Å². The number of carbonyl (C=O) groups excluding carboxylic acids is 2. The molecule has 1 aliphatic carbocycles. The molecular formula is C14H11NO4. The predicted molar refractivity (Wildman–Crippen MR) is 68.5 cm³/mol. The maximum atomic E-state index is 11.9. The van der Waals surface area contributed by atoms with Crippen LogP contribution < -0.4 is 5.32 Å². The normalized spacial score (nSPS) is 15.3. The van der Waals surface area contributed by atoms with E-state index in [9.17, 15) is 14.4 Å². The van der Waals surface area contributed by atoms with Gasteiger partial charge in [0, 0.05) is 17.3 Å². The van der Waals surface area contributed by atoms with Crippen molar-refractivity contribution in [2.24, 2.45) is 0 Å². The van der Waals surface area contributed by atoms with E-state index in [0.717, 1.165) is 6.08 Å². The molecule has 1 aromatic rings. The van der Waals surface area contributed by atoms with Gasteiger partial charge in [-0.25, -0.2) is 4.79 Å². The Morgan fingerprint density at radius 3 is 2.37 bits per heavy atom. The quantitative estimate of drug-likeness (QED) is 0.633. The van der Waals surface area contributed by atoms with Gasteiger partial charge >= 0.3 is 5.97 Å². The molecule has 1 aliphatic rings. The zero-order chi connectivity index (χ0) is 14.0. The lowest BCUT2D eigenvalue weighted by molar-refractivity contribution is -0.134. The van der Waals surface area contributed by atoms with Gasteiger partial charge in [0.25, 0.3) is 0 Å². The number of benzene rings is 1. The third-order valence-corrected chi connectivity index (χ3v) is 2.76. The SMILES string of the molecule is CC1=C(Nc2ccccc2)C(=O)C=C(C(=O)O)C1=O. The van der Waals surface area contributed by atoms with Crippen LogP contribution in [-0.2, 0) is 14.4 Å². The molecule has 0 radical (unpaired) electrons. The second kappa shape index (κ2) is 4.89. The van der Waals surface area contributed by atoms with Gasteiger partial charge in [-0.2, -0.15) is 0 Å². The molecule has 2 N–H and O–H groups in total. The molecule has 19 heavy (non-hydrogen) atoms. The van der Waals surface area contributed by atoms with E-state index < -0.39 is 23.1 Å². The van der Waals surface area contributed by atoms with E-state index in [1.807, 2.05) is 6.07 Å². The number of hydrogen-bond acceptors (Lipinski definition) is 4. The van der Waals surface area contributed by atoms with Gasteiger partial charge in [-0.15, -0.1) is 0 Å². The first kappa shape index (κ1) is 12.8. The molecule has 5 nitrogen and oxygen atoms in total. The summed E-state index contributed by atoms with van der Waals surface area (Å²) in [6.45, 7) is 1.43. The van der Waals surface area contributed by atoms with E-state index in [0.29, 0.717) is 5.69 Å². The molecule has 0 heterocycles. The second-order valence-electron chi connectivity index (χ2n) is 4.05. The van der Waals surface area contributed by atoms with Gasteiger partial charge < -0.3 is 10.4 Å². The van der Waals surface area contributed by atoms with Crippen molar-refractivity contribution < 1.29 is 19.5 Å². The summed E-state index contributed by atoms with van der Waals surface area (Å²) in [5.74, 6) is -2.56. The lowest BCUT2D eigenvalue weighted by Crippen LogP contribution is -2.25. The number of anilines is 1. The molecule has 2 rings (SSSR count). The number of Topliss-reactive ketones (excluding diaryl/α,β-unsaturated/α-hetero) is 1. The molecule has 5 heteroatoms. The first-order valence-electron chi connectivity index (χ1n) is 5.57. The third kappa shape index (κ3) is 2.44. The van der Waals surface area contributed by atoms with Crippen molar-refractivity contribution in [1.82, 2.24) is 0 Å². The molecule has 0 atom stereocenters. The topological polar surface area (TPSA) is 83.5 Å². The van der Waals surface area contributed by atoms with Gasteiger partial charge in [-0.3, -0.25) is 9.59 Å². The van der Waals surface area contributed by atoms with Crippen molar-refractivity contribution in [2.75, 3.05) is 5.32 Å². The van der Waals surface area contributed by atoms with Crippen molar-refractivity contribution in [3.05, 3.63) is 53.3 Å². The Balaban J connectivity index is 2.35. The molecule has 0 saturated carbocycles. The Bertz CT molecular complexity index is 626. The van der Waals surface area contributed by atoms with Gasteiger partial charge in [0.15, 0.2) is 5.78 Å². The van der Waals surface area contributed by atoms with E-state index in [2.05, 4.69) is 5.32 Å². The van der Waals surface area contributed by atoms with Gasteiger partial charge in [0.2, 0.25) is 5.78 Å². The summed E-state index contributed by atoms with van der Waals surface area (Å²) in [5.41, 5.74) is 0.376. The summed E-state index contributed by atoms with van der Waals surface area (Å²) in [7, 11) is 0. The van der Waals surface area contributed by atoms with Gasteiger partial charge in [-0.05, 0) is 19.1 Å².